The summed E-state index contributed by atoms with van der Waals surface area (Å²) >= 11 is 0. The molecule has 1 aliphatic carbocycles. The molecule has 2 unspecified atom stereocenters. The summed E-state index contributed by atoms with van der Waals surface area (Å²) in [6.07, 6.45) is 7.43. The van der Waals surface area contributed by atoms with Crippen molar-refractivity contribution in [3.05, 3.63) is 53.6 Å². The molecule has 0 radical (unpaired) electrons. The summed E-state index contributed by atoms with van der Waals surface area (Å²) in [4.78, 5) is 16.4. The number of carbonyl (C=O) groups is 1. The molecule has 0 bridgehead atoms. The molecule has 100 valence electrons. The van der Waals surface area contributed by atoms with Crippen molar-refractivity contribution in [3.8, 4) is 0 Å². The minimum atomic E-state index is -0.0471. The van der Waals surface area contributed by atoms with Crippen LogP contribution in [0, 0.1) is 5.92 Å². The highest BCUT2D eigenvalue weighted by Gasteiger charge is 2.37. The van der Waals surface area contributed by atoms with Crippen LogP contribution >= 0.6 is 0 Å². The van der Waals surface area contributed by atoms with E-state index in [0.29, 0.717) is 6.42 Å². The Bertz CT molecular complexity index is 703. The number of pyridine rings is 1. The van der Waals surface area contributed by atoms with Crippen LogP contribution in [0.25, 0.3) is 5.70 Å². The fourth-order valence-corrected chi connectivity index (χ4v) is 3.05. The summed E-state index contributed by atoms with van der Waals surface area (Å²) in [5.41, 5.74) is 3.39. The highest BCUT2D eigenvalue weighted by molar-refractivity contribution is 5.99. The third kappa shape index (κ3) is 1.56. The van der Waals surface area contributed by atoms with Gasteiger partial charge in [-0.1, -0.05) is 6.08 Å². The van der Waals surface area contributed by atoms with Gasteiger partial charge in [-0.2, -0.15) is 0 Å². The van der Waals surface area contributed by atoms with Crippen molar-refractivity contribution >= 4 is 17.3 Å². The molecule has 20 heavy (non-hydrogen) atoms. The third-order valence-electron chi connectivity index (χ3n) is 3.92. The molecule has 3 aliphatic rings. The highest BCUT2D eigenvalue weighted by atomic mass is 16.3. The molecule has 0 saturated heterocycles. The number of carbonyl (C=O) groups excluding carboxylic acids is 1. The van der Waals surface area contributed by atoms with Gasteiger partial charge in [0.25, 0.3) is 0 Å². The lowest BCUT2D eigenvalue weighted by molar-refractivity contribution is -0.115. The zero-order chi connectivity index (χ0) is 13.7. The van der Waals surface area contributed by atoms with Gasteiger partial charge < -0.3 is 15.7 Å². The van der Waals surface area contributed by atoms with E-state index in [4.69, 9.17) is 0 Å². The Kier molecular flexibility index (Phi) is 2.24. The van der Waals surface area contributed by atoms with Crippen molar-refractivity contribution < 1.29 is 9.90 Å². The Morgan fingerprint density at radius 2 is 2.30 bits per heavy atom. The van der Waals surface area contributed by atoms with Gasteiger partial charge in [0.2, 0.25) is 5.91 Å². The molecule has 0 spiro atoms. The second-order valence-corrected chi connectivity index (χ2v) is 5.17. The van der Waals surface area contributed by atoms with Crippen LogP contribution in [-0.4, -0.2) is 22.0 Å². The number of fused-ring (bicyclic) bond motifs is 4. The molecule has 0 aromatic carbocycles. The summed E-state index contributed by atoms with van der Waals surface area (Å²) in [5, 5.41) is 16.0. The fourth-order valence-electron chi connectivity index (χ4n) is 3.05. The molecule has 0 fully saturated rings. The standard InChI is InChI=1S/C15H13N3O2/c19-8-3-4-11-9(6-8)10-7-13(20)17-12-2-1-5-16-15(12)14(10)18-11/h1-6,9,11,18-19H,7H2,(H,17,20). The summed E-state index contributed by atoms with van der Waals surface area (Å²) in [5.74, 6) is 0.204. The van der Waals surface area contributed by atoms with Gasteiger partial charge in [0.1, 0.15) is 11.5 Å². The number of rotatable bonds is 0. The molecule has 3 heterocycles. The van der Waals surface area contributed by atoms with Crippen LogP contribution in [0.5, 0.6) is 0 Å². The van der Waals surface area contributed by atoms with Crippen LogP contribution in [0.1, 0.15) is 12.1 Å². The molecule has 0 saturated carbocycles. The van der Waals surface area contributed by atoms with Crippen molar-refractivity contribution in [3.63, 3.8) is 0 Å². The number of amides is 1. The SMILES string of the molecule is O=C1CC2=C(NC3C=CC(O)=CC23)c2ncccc2N1. The smallest absolute Gasteiger partial charge is 0.228 e. The monoisotopic (exact) mass is 267 g/mol. The van der Waals surface area contributed by atoms with Crippen molar-refractivity contribution in [1.29, 1.82) is 0 Å². The van der Waals surface area contributed by atoms with E-state index in [1.54, 1.807) is 24.4 Å². The van der Waals surface area contributed by atoms with Gasteiger partial charge in [0.15, 0.2) is 0 Å². The number of aromatic nitrogens is 1. The van der Waals surface area contributed by atoms with Crippen LogP contribution in [0.15, 0.2) is 47.9 Å². The number of nitrogens with one attached hydrogen (secondary N) is 2. The molecule has 1 amide bonds. The lowest BCUT2D eigenvalue weighted by Gasteiger charge is -2.20. The normalized spacial score (nSPS) is 26.8. The quantitative estimate of drug-likeness (QED) is 0.669. The highest BCUT2D eigenvalue weighted by Crippen LogP contribution is 2.40. The molecule has 3 N–H and O–H groups in total. The largest absolute Gasteiger partial charge is 0.508 e. The van der Waals surface area contributed by atoms with E-state index >= 15 is 0 Å². The van der Waals surface area contributed by atoms with Crippen LogP contribution in [0.3, 0.4) is 0 Å². The number of allylic oxidation sites excluding steroid dienone is 1. The van der Waals surface area contributed by atoms with Crippen LogP contribution < -0.4 is 10.6 Å². The van der Waals surface area contributed by atoms with E-state index in [1.165, 1.54) is 0 Å². The van der Waals surface area contributed by atoms with Crippen molar-refractivity contribution in [2.75, 3.05) is 5.32 Å². The van der Waals surface area contributed by atoms with Crippen LogP contribution in [0.4, 0.5) is 5.69 Å². The lowest BCUT2D eigenvalue weighted by atomic mass is 9.88. The predicted octanol–water partition coefficient (Wildman–Crippen LogP) is 1.73. The van der Waals surface area contributed by atoms with Crippen LogP contribution in [-0.2, 0) is 4.79 Å². The zero-order valence-electron chi connectivity index (χ0n) is 10.6. The molecule has 4 rings (SSSR count). The van der Waals surface area contributed by atoms with Gasteiger partial charge in [-0.25, -0.2) is 0 Å². The first-order valence-electron chi connectivity index (χ1n) is 6.56. The summed E-state index contributed by atoms with van der Waals surface area (Å²) < 4.78 is 0. The Morgan fingerprint density at radius 1 is 1.40 bits per heavy atom. The Morgan fingerprint density at radius 3 is 3.20 bits per heavy atom. The first-order valence-corrected chi connectivity index (χ1v) is 6.56. The van der Waals surface area contributed by atoms with Gasteiger partial charge in [-0.15, -0.1) is 0 Å². The van der Waals surface area contributed by atoms with Crippen molar-refractivity contribution in [2.45, 2.75) is 12.5 Å². The second-order valence-electron chi connectivity index (χ2n) is 5.17. The van der Waals surface area contributed by atoms with E-state index in [-0.39, 0.29) is 23.6 Å². The Balaban J connectivity index is 1.88. The zero-order valence-corrected chi connectivity index (χ0v) is 10.6. The van der Waals surface area contributed by atoms with Crippen molar-refractivity contribution in [1.82, 2.24) is 10.3 Å². The maximum Gasteiger partial charge on any atom is 0.228 e. The van der Waals surface area contributed by atoms with Gasteiger partial charge in [0.05, 0.1) is 23.8 Å². The van der Waals surface area contributed by atoms with Crippen LogP contribution in [0.2, 0.25) is 0 Å². The Labute approximate surface area is 115 Å². The molecule has 2 aliphatic heterocycles. The topological polar surface area (TPSA) is 74.2 Å². The number of aliphatic hydroxyl groups is 1. The number of nitrogens with zero attached hydrogens (tertiary/aromatic N) is 1. The third-order valence-corrected chi connectivity index (χ3v) is 3.92. The van der Waals surface area contributed by atoms with E-state index in [0.717, 1.165) is 22.7 Å². The first kappa shape index (κ1) is 11.3. The number of hydrogen-bond acceptors (Lipinski definition) is 4. The fraction of sp³-hybridized carbons (Fsp3) is 0.200. The van der Waals surface area contributed by atoms with E-state index in [2.05, 4.69) is 15.6 Å². The van der Waals surface area contributed by atoms with Gasteiger partial charge in [-0.05, 0) is 29.9 Å². The minimum absolute atomic E-state index is 0.00806. The Hall–Kier alpha value is -2.56. The first-order chi connectivity index (χ1) is 9.72. The van der Waals surface area contributed by atoms with Crippen molar-refractivity contribution in [2.24, 2.45) is 5.92 Å². The van der Waals surface area contributed by atoms with Gasteiger partial charge in [-0.3, -0.25) is 9.78 Å². The molecular formula is C15H13N3O2. The summed E-state index contributed by atoms with van der Waals surface area (Å²) in [7, 11) is 0. The molecule has 1 aromatic heterocycles. The molecule has 1 aromatic rings. The molecule has 5 nitrogen and oxygen atoms in total. The lowest BCUT2D eigenvalue weighted by Crippen LogP contribution is -2.28. The van der Waals surface area contributed by atoms with E-state index in [9.17, 15) is 9.90 Å². The molecule has 5 heteroatoms. The average Bonchev–Trinajstić information content (AvgIpc) is 2.70. The predicted molar refractivity (Wildman–Crippen MR) is 74.7 cm³/mol. The van der Waals surface area contributed by atoms with E-state index in [1.807, 2.05) is 12.1 Å². The summed E-state index contributed by atoms with van der Waals surface area (Å²) in [6.45, 7) is 0. The van der Waals surface area contributed by atoms with E-state index < -0.39 is 0 Å². The maximum absolute atomic E-state index is 12.0. The number of anilines is 1. The van der Waals surface area contributed by atoms with Gasteiger partial charge >= 0.3 is 0 Å². The molecule has 2 atom stereocenters. The number of hydrogen-bond donors (Lipinski definition) is 3. The number of aliphatic hydroxyl groups excluding tert-OH is 1. The maximum atomic E-state index is 12.0. The minimum Gasteiger partial charge on any atom is -0.508 e. The van der Waals surface area contributed by atoms with Gasteiger partial charge in [0, 0.05) is 12.1 Å². The second kappa shape index (κ2) is 3.96. The molecular weight excluding hydrogens is 254 g/mol. The summed E-state index contributed by atoms with van der Waals surface area (Å²) in [6, 6.07) is 3.73. The average molecular weight is 267 g/mol.